The summed E-state index contributed by atoms with van der Waals surface area (Å²) in [6.07, 6.45) is 4.50. The minimum atomic E-state index is -0.972. The van der Waals surface area contributed by atoms with Gasteiger partial charge in [0.15, 0.2) is 0 Å². The van der Waals surface area contributed by atoms with Crippen LogP contribution in [0.25, 0.3) is 0 Å². The van der Waals surface area contributed by atoms with Gasteiger partial charge < -0.3 is 9.84 Å². The Bertz CT molecular complexity index is 515. The first kappa shape index (κ1) is 16.0. The number of carbonyl (C=O) groups is 1. The van der Waals surface area contributed by atoms with Crippen LogP contribution in [0.5, 0.6) is 5.75 Å². The van der Waals surface area contributed by atoms with Crippen LogP contribution in [-0.2, 0) is 10.8 Å². The van der Waals surface area contributed by atoms with E-state index in [0.29, 0.717) is 29.3 Å². The topological polar surface area (TPSA) is 63.6 Å². The minimum absolute atomic E-state index is 0.203. The van der Waals surface area contributed by atoms with Gasteiger partial charge in [-0.1, -0.05) is 25.8 Å². The standard InChI is InChI=1S/C16H22O4S/c1-12-4-2-7-15(10-12)21(19)9-8-20-14-6-3-5-13(11-14)16(17)18/h3,5-6,11-12,15H,2,4,7-10H2,1H3,(H,17,18). The number of ether oxygens (including phenoxy) is 1. The fourth-order valence-electron chi connectivity index (χ4n) is 2.74. The highest BCUT2D eigenvalue weighted by Crippen LogP contribution is 2.27. The van der Waals surface area contributed by atoms with Crippen molar-refractivity contribution in [2.75, 3.05) is 12.4 Å². The number of aromatic carboxylic acids is 1. The smallest absolute Gasteiger partial charge is 0.335 e. The van der Waals surface area contributed by atoms with Gasteiger partial charge in [0.05, 0.1) is 17.9 Å². The Labute approximate surface area is 128 Å². The van der Waals surface area contributed by atoms with Crippen LogP contribution >= 0.6 is 0 Å². The van der Waals surface area contributed by atoms with Gasteiger partial charge in [0.2, 0.25) is 0 Å². The molecule has 116 valence electrons. The van der Waals surface area contributed by atoms with Gasteiger partial charge in [0.1, 0.15) is 5.75 Å². The maximum absolute atomic E-state index is 12.2. The minimum Gasteiger partial charge on any atom is -0.493 e. The highest BCUT2D eigenvalue weighted by Gasteiger charge is 2.23. The summed E-state index contributed by atoms with van der Waals surface area (Å²) in [4.78, 5) is 10.9. The second-order valence-corrected chi connectivity index (χ2v) is 7.50. The lowest BCUT2D eigenvalue weighted by atomic mass is 9.91. The Morgan fingerprint density at radius 2 is 2.24 bits per heavy atom. The SMILES string of the molecule is CC1CCCC(S(=O)CCOc2cccc(C(=O)O)c2)C1. The molecule has 3 unspecified atom stereocenters. The zero-order valence-corrected chi connectivity index (χ0v) is 13.1. The van der Waals surface area contributed by atoms with Gasteiger partial charge in [0.25, 0.3) is 0 Å². The van der Waals surface area contributed by atoms with Gasteiger partial charge in [-0.25, -0.2) is 4.79 Å². The van der Waals surface area contributed by atoms with Crippen LogP contribution in [-0.4, -0.2) is 32.9 Å². The van der Waals surface area contributed by atoms with E-state index in [4.69, 9.17) is 9.84 Å². The molecule has 4 nitrogen and oxygen atoms in total. The zero-order valence-electron chi connectivity index (χ0n) is 12.3. The molecule has 0 aliphatic heterocycles. The molecule has 1 aliphatic carbocycles. The van der Waals surface area contributed by atoms with E-state index in [0.717, 1.165) is 12.8 Å². The van der Waals surface area contributed by atoms with Crippen molar-refractivity contribution in [2.24, 2.45) is 5.92 Å². The molecule has 0 amide bonds. The molecule has 0 heterocycles. The van der Waals surface area contributed by atoms with Crippen molar-refractivity contribution in [3.8, 4) is 5.75 Å². The van der Waals surface area contributed by atoms with Crippen LogP contribution in [0.15, 0.2) is 24.3 Å². The lowest BCUT2D eigenvalue weighted by Crippen LogP contribution is -2.26. The molecule has 1 saturated carbocycles. The molecule has 21 heavy (non-hydrogen) atoms. The molecular weight excluding hydrogens is 288 g/mol. The maximum Gasteiger partial charge on any atom is 0.335 e. The van der Waals surface area contributed by atoms with Crippen molar-refractivity contribution in [3.05, 3.63) is 29.8 Å². The van der Waals surface area contributed by atoms with Crippen LogP contribution in [0.4, 0.5) is 0 Å². The van der Waals surface area contributed by atoms with E-state index >= 15 is 0 Å². The molecule has 1 aromatic rings. The third-order valence-corrected chi connectivity index (χ3v) is 5.64. The molecule has 1 aliphatic rings. The van der Waals surface area contributed by atoms with Crippen molar-refractivity contribution in [3.63, 3.8) is 0 Å². The van der Waals surface area contributed by atoms with Gasteiger partial charge in [-0.05, 0) is 37.0 Å². The van der Waals surface area contributed by atoms with Crippen molar-refractivity contribution in [1.82, 2.24) is 0 Å². The van der Waals surface area contributed by atoms with E-state index in [9.17, 15) is 9.00 Å². The summed E-state index contributed by atoms with van der Waals surface area (Å²) in [7, 11) is -0.856. The highest BCUT2D eigenvalue weighted by atomic mass is 32.2. The fraction of sp³-hybridized carbons (Fsp3) is 0.562. The predicted octanol–water partition coefficient (Wildman–Crippen LogP) is 3.09. The van der Waals surface area contributed by atoms with Crippen molar-refractivity contribution >= 4 is 16.8 Å². The van der Waals surface area contributed by atoms with E-state index < -0.39 is 16.8 Å². The molecule has 0 aromatic heterocycles. The molecule has 2 rings (SSSR count). The molecule has 0 spiro atoms. The number of rotatable bonds is 6. The molecule has 3 atom stereocenters. The molecule has 1 fully saturated rings. The third-order valence-electron chi connectivity index (χ3n) is 3.89. The summed E-state index contributed by atoms with van der Waals surface area (Å²) < 4.78 is 17.8. The summed E-state index contributed by atoms with van der Waals surface area (Å²) in [6, 6.07) is 6.39. The first-order chi connectivity index (χ1) is 10.1. The number of carboxylic acids is 1. The van der Waals surface area contributed by atoms with Gasteiger partial charge >= 0.3 is 5.97 Å². The third kappa shape index (κ3) is 4.84. The summed E-state index contributed by atoms with van der Waals surface area (Å²) in [5, 5.41) is 9.21. The second-order valence-electron chi connectivity index (χ2n) is 5.66. The van der Waals surface area contributed by atoms with Gasteiger partial charge in [-0.15, -0.1) is 0 Å². The van der Waals surface area contributed by atoms with E-state index in [1.165, 1.54) is 25.0 Å². The predicted molar refractivity (Wildman–Crippen MR) is 83.3 cm³/mol. The van der Waals surface area contributed by atoms with Crippen LogP contribution in [0.3, 0.4) is 0 Å². The average Bonchev–Trinajstić information content (AvgIpc) is 2.47. The van der Waals surface area contributed by atoms with Crippen molar-refractivity contribution < 1.29 is 18.8 Å². The molecule has 1 N–H and O–H groups in total. The Kier molecular flexibility index (Phi) is 5.79. The summed E-state index contributed by atoms with van der Waals surface area (Å²) in [6.45, 7) is 2.58. The molecule has 0 radical (unpaired) electrons. The van der Waals surface area contributed by atoms with E-state index in [1.807, 2.05) is 0 Å². The van der Waals surface area contributed by atoms with Crippen LogP contribution in [0.1, 0.15) is 43.0 Å². The van der Waals surface area contributed by atoms with Gasteiger partial charge in [-0.3, -0.25) is 4.21 Å². The summed E-state index contributed by atoms with van der Waals surface area (Å²) in [5.41, 5.74) is 0.203. The van der Waals surface area contributed by atoms with E-state index in [2.05, 4.69) is 6.92 Å². The lowest BCUT2D eigenvalue weighted by molar-refractivity contribution is 0.0696. The highest BCUT2D eigenvalue weighted by molar-refractivity contribution is 7.85. The monoisotopic (exact) mass is 310 g/mol. The van der Waals surface area contributed by atoms with E-state index in [1.54, 1.807) is 12.1 Å². The number of carboxylic acid groups (broad SMARTS) is 1. The van der Waals surface area contributed by atoms with Crippen LogP contribution in [0, 0.1) is 5.92 Å². The van der Waals surface area contributed by atoms with Crippen molar-refractivity contribution in [1.29, 1.82) is 0 Å². The zero-order chi connectivity index (χ0) is 15.2. The van der Waals surface area contributed by atoms with Gasteiger partial charge in [0, 0.05) is 16.0 Å². The Balaban J connectivity index is 1.79. The Morgan fingerprint density at radius 3 is 2.95 bits per heavy atom. The summed E-state index contributed by atoms with van der Waals surface area (Å²) in [5.74, 6) is 0.722. The molecule has 0 bridgehead atoms. The molecular formula is C16H22O4S. The van der Waals surface area contributed by atoms with Crippen LogP contribution < -0.4 is 4.74 Å². The maximum atomic E-state index is 12.2. The number of benzene rings is 1. The molecule has 5 heteroatoms. The van der Waals surface area contributed by atoms with E-state index in [-0.39, 0.29) is 5.56 Å². The van der Waals surface area contributed by atoms with Gasteiger partial charge in [-0.2, -0.15) is 0 Å². The average molecular weight is 310 g/mol. The number of hydrogen-bond acceptors (Lipinski definition) is 3. The van der Waals surface area contributed by atoms with Crippen LogP contribution in [0.2, 0.25) is 0 Å². The largest absolute Gasteiger partial charge is 0.493 e. The Hall–Kier alpha value is -1.36. The molecule has 0 saturated heterocycles. The molecule has 1 aromatic carbocycles. The summed E-state index contributed by atoms with van der Waals surface area (Å²) >= 11 is 0. The number of hydrogen-bond donors (Lipinski definition) is 1. The lowest BCUT2D eigenvalue weighted by Gasteiger charge is -2.25. The fourth-order valence-corrected chi connectivity index (χ4v) is 4.30. The first-order valence-corrected chi connectivity index (χ1v) is 8.78. The quantitative estimate of drug-likeness (QED) is 0.877. The first-order valence-electron chi connectivity index (χ1n) is 7.39. The Morgan fingerprint density at radius 1 is 1.43 bits per heavy atom. The van der Waals surface area contributed by atoms with Crippen molar-refractivity contribution in [2.45, 2.75) is 37.9 Å². The normalized spacial score (nSPS) is 23.5. The second kappa shape index (κ2) is 7.59.